The number of ketones is 1. The van der Waals surface area contributed by atoms with E-state index < -0.39 is 17.1 Å². The number of phenols is 1. The van der Waals surface area contributed by atoms with Gasteiger partial charge >= 0.3 is 0 Å². The summed E-state index contributed by atoms with van der Waals surface area (Å²) >= 11 is 0. The Morgan fingerprint density at radius 2 is 1.95 bits per heavy atom. The molecule has 3 N–H and O–H groups in total. The summed E-state index contributed by atoms with van der Waals surface area (Å²) in [5, 5.41) is 31.1. The molecule has 9 heteroatoms. The van der Waals surface area contributed by atoms with E-state index in [9.17, 15) is 19.8 Å². The number of allylic oxidation sites excluding steroid dienone is 3. The molecule has 0 unspecified atom stereocenters. The molecule has 9 nitrogen and oxygen atoms in total. The number of benzene rings is 3. The lowest BCUT2D eigenvalue weighted by molar-refractivity contribution is -0.119. The Kier molecular flexibility index (Phi) is 6.68. The molecular weight excluding hydrogens is 536 g/mol. The van der Waals surface area contributed by atoms with E-state index in [4.69, 9.17) is 14.3 Å². The molecule has 3 aromatic rings. The van der Waals surface area contributed by atoms with Crippen molar-refractivity contribution in [3.05, 3.63) is 87.9 Å². The average Bonchev–Trinajstić information content (AvgIpc) is 3.74. The van der Waals surface area contributed by atoms with Gasteiger partial charge in [-0.2, -0.15) is 0 Å². The van der Waals surface area contributed by atoms with Crippen LogP contribution in [0.15, 0.2) is 70.8 Å². The van der Waals surface area contributed by atoms with Crippen molar-refractivity contribution in [1.82, 2.24) is 5.32 Å². The number of nitrogens with one attached hydrogen (secondary N) is 1. The second-order valence-corrected chi connectivity index (χ2v) is 11.2. The number of aromatic hydroxyl groups is 1. The number of carbonyl (C=O) groups excluding carboxylic acids is 2. The van der Waals surface area contributed by atoms with Crippen LogP contribution >= 0.6 is 0 Å². The zero-order valence-electron chi connectivity index (χ0n) is 23.9. The number of phenolic OH excluding ortho intramolecular Hbond substituents is 1. The summed E-state index contributed by atoms with van der Waals surface area (Å²) in [6, 6.07) is 13.3. The number of fused-ring (bicyclic) bond motifs is 4. The van der Waals surface area contributed by atoms with E-state index in [0.717, 1.165) is 34.7 Å². The van der Waals surface area contributed by atoms with Crippen molar-refractivity contribution in [2.45, 2.75) is 45.6 Å². The van der Waals surface area contributed by atoms with Gasteiger partial charge in [-0.05, 0) is 61.4 Å². The van der Waals surface area contributed by atoms with E-state index in [-0.39, 0.29) is 57.7 Å². The Hall–Kier alpha value is -4.79. The first kappa shape index (κ1) is 27.4. The molecule has 3 aliphatic rings. The third-order valence-corrected chi connectivity index (χ3v) is 8.35. The molecule has 1 atom stereocenters. The van der Waals surface area contributed by atoms with E-state index in [1.807, 2.05) is 43.3 Å². The minimum Gasteiger partial charge on any atom is -0.507 e. The SMILES string of the molecule is COc1cc(O)c2c(c1C(=O)NCc1c(C)ccc3ccccc13)OC1=CC(O)=C(C(C)=NOCC3CC3)C(=O)[C@]12C. The highest BCUT2D eigenvalue weighted by molar-refractivity contribution is 6.27. The van der Waals surface area contributed by atoms with Crippen LogP contribution in [-0.4, -0.2) is 41.3 Å². The standard InChI is InChI=1S/C33H32N2O7/c1-17-9-12-20-7-5-6-8-21(20)22(17)15-34-32(39)28-25(40-4)13-24(37)29-30(28)42-26-14-23(36)27(31(38)33(26,29)3)18(2)35-41-16-19-10-11-19/h5-9,12-14,19,36-37H,10-11,15-16H2,1-4H3,(H,34,39)/t33-/m1/s1. The number of aliphatic hydroxyl groups is 1. The summed E-state index contributed by atoms with van der Waals surface area (Å²) in [5.74, 6) is -1.03. The zero-order chi connectivity index (χ0) is 29.8. The van der Waals surface area contributed by atoms with Gasteiger partial charge in [0.2, 0.25) is 0 Å². The lowest BCUT2D eigenvalue weighted by Gasteiger charge is -2.28. The largest absolute Gasteiger partial charge is 0.507 e. The lowest BCUT2D eigenvalue weighted by Crippen LogP contribution is -2.39. The predicted octanol–water partition coefficient (Wildman–Crippen LogP) is 5.52. The number of aliphatic hydroxyl groups excluding tert-OH is 1. The molecule has 1 heterocycles. The molecule has 216 valence electrons. The fourth-order valence-corrected chi connectivity index (χ4v) is 5.74. The molecule has 0 spiro atoms. The van der Waals surface area contributed by atoms with E-state index >= 15 is 0 Å². The van der Waals surface area contributed by atoms with E-state index in [2.05, 4.69) is 10.5 Å². The van der Waals surface area contributed by atoms with Gasteiger partial charge in [-0.15, -0.1) is 0 Å². The molecule has 0 radical (unpaired) electrons. The highest BCUT2D eigenvalue weighted by Gasteiger charge is 2.55. The molecule has 1 fully saturated rings. The first-order valence-electron chi connectivity index (χ1n) is 13.9. The molecule has 2 aliphatic carbocycles. The summed E-state index contributed by atoms with van der Waals surface area (Å²) in [4.78, 5) is 33.2. The summed E-state index contributed by atoms with van der Waals surface area (Å²) < 4.78 is 11.6. The molecule has 6 rings (SSSR count). The van der Waals surface area contributed by atoms with Gasteiger partial charge in [0.25, 0.3) is 5.91 Å². The Bertz CT molecular complexity index is 1750. The normalized spacial score (nSPS) is 19.7. The number of Topliss-reactive ketones (excluding diaryl/α,β-unsaturated/α-hetero) is 1. The van der Waals surface area contributed by atoms with Crippen molar-refractivity contribution >= 4 is 28.2 Å². The first-order chi connectivity index (χ1) is 20.1. The lowest BCUT2D eigenvalue weighted by atomic mass is 9.71. The van der Waals surface area contributed by atoms with Crippen molar-refractivity contribution in [1.29, 1.82) is 0 Å². The van der Waals surface area contributed by atoms with Crippen molar-refractivity contribution in [3.8, 4) is 17.2 Å². The molecule has 1 aliphatic heterocycles. The Labute approximate surface area is 243 Å². The summed E-state index contributed by atoms with van der Waals surface area (Å²) in [6.07, 6.45) is 3.49. The zero-order valence-corrected chi connectivity index (χ0v) is 23.9. The van der Waals surface area contributed by atoms with Crippen LogP contribution in [0.3, 0.4) is 0 Å². The number of aryl methyl sites for hydroxylation is 1. The van der Waals surface area contributed by atoms with Crippen molar-refractivity contribution in [2.75, 3.05) is 13.7 Å². The van der Waals surface area contributed by atoms with Crippen molar-refractivity contribution < 1.29 is 34.1 Å². The maximum Gasteiger partial charge on any atom is 0.259 e. The summed E-state index contributed by atoms with van der Waals surface area (Å²) in [7, 11) is 1.38. The van der Waals surface area contributed by atoms with Gasteiger partial charge in [-0.3, -0.25) is 9.59 Å². The molecule has 0 aromatic heterocycles. The fraction of sp³-hybridized carbons (Fsp3) is 0.303. The highest BCUT2D eigenvalue weighted by atomic mass is 16.6. The maximum absolute atomic E-state index is 14.0. The minimum atomic E-state index is -1.53. The van der Waals surface area contributed by atoms with Gasteiger partial charge in [-0.1, -0.05) is 41.6 Å². The van der Waals surface area contributed by atoms with Gasteiger partial charge < -0.3 is 29.8 Å². The second kappa shape index (κ2) is 10.2. The van der Waals surface area contributed by atoms with Crippen molar-refractivity contribution in [3.63, 3.8) is 0 Å². The number of hydrogen-bond acceptors (Lipinski definition) is 8. The maximum atomic E-state index is 14.0. The molecule has 0 bridgehead atoms. The van der Waals surface area contributed by atoms with Gasteiger partial charge in [0.05, 0.1) is 24.0 Å². The van der Waals surface area contributed by atoms with Crippen LogP contribution in [0.5, 0.6) is 17.2 Å². The van der Waals surface area contributed by atoms with Crippen LogP contribution in [-0.2, 0) is 21.6 Å². The summed E-state index contributed by atoms with van der Waals surface area (Å²) in [5.41, 5.74) is 0.777. The number of amides is 1. The first-order valence-corrected chi connectivity index (χ1v) is 13.9. The van der Waals surface area contributed by atoms with Crippen LogP contribution in [0.1, 0.15) is 53.7 Å². The van der Waals surface area contributed by atoms with E-state index in [0.29, 0.717) is 12.5 Å². The van der Waals surface area contributed by atoms with Gasteiger partial charge in [0, 0.05) is 18.7 Å². The van der Waals surface area contributed by atoms with Gasteiger partial charge in [-0.25, -0.2) is 0 Å². The number of hydrogen-bond donors (Lipinski definition) is 3. The topological polar surface area (TPSA) is 127 Å². The average molecular weight is 569 g/mol. The molecule has 42 heavy (non-hydrogen) atoms. The van der Waals surface area contributed by atoms with E-state index in [1.54, 1.807) is 13.8 Å². The van der Waals surface area contributed by atoms with Gasteiger partial charge in [0.1, 0.15) is 40.6 Å². The molecule has 1 amide bonds. The molecule has 3 aromatic carbocycles. The van der Waals surface area contributed by atoms with Crippen molar-refractivity contribution in [2.24, 2.45) is 11.1 Å². The highest BCUT2D eigenvalue weighted by Crippen LogP contribution is 2.56. The van der Waals surface area contributed by atoms with Crippen LogP contribution in [0.25, 0.3) is 10.8 Å². The molecule has 0 saturated heterocycles. The third kappa shape index (κ3) is 4.36. The number of oxime groups is 1. The molecule has 1 saturated carbocycles. The third-order valence-electron chi connectivity index (χ3n) is 8.35. The number of carbonyl (C=O) groups is 2. The quantitative estimate of drug-likeness (QED) is 0.241. The molecular formula is C33H32N2O7. The predicted molar refractivity (Wildman–Crippen MR) is 157 cm³/mol. The Morgan fingerprint density at radius 1 is 1.19 bits per heavy atom. The minimum absolute atomic E-state index is 0.00489. The van der Waals surface area contributed by atoms with Crippen LogP contribution in [0.4, 0.5) is 0 Å². The van der Waals surface area contributed by atoms with Gasteiger partial charge in [0.15, 0.2) is 11.5 Å². The smallest absolute Gasteiger partial charge is 0.259 e. The Morgan fingerprint density at radius 3 is 2.69 bits per heavy atom. The Balaban J connectivity index is 1.36. The van der Waals surface area contributed by atoms with Crippen LogP contribution < -0.4 is 14.8 Å². The number of methoxy groups -OCH3 is 1. The number of ether oxygens (including phenoxy) is 2. The monoisotopic (exact) mass is 568 g/mol. The second-order valence-electron chi connectivity index (χ2n) is 11.2. The fourth-order valence-electron chi connectivity index (χ4n) is 5.74. The van der Waals surface area contributed by atoms with E-state index in [1.165, 1.54) is 19.3 Å². The van der Waals surface area contributed by atoms with Crippen LogP contribution in [0, 0.1) is 12.8 Å². The number of nitrogens with zero attached hydrogens (tertiary/aromatic N) is 1. The van der Waals surface area contributed by atoms with Crippen LogP contribution in [0.2, 0.25) is 0 Å². The summed E-state index contributed by atoms with van der Waals surface area (Å²) in [6.45, 7) is 5.83. The number of rotatable bonds is 8.